The summed E-state index contributed by atoms with van der Waals surface area (Å²) in [6.45, 7) is 3.90. The minimum Gasteiger partial charge on any atom is -0.355 e. The molecule has 0 saturated carbocycles. The molecule has 1 aliphatic heterocycles. The summed E-state index contributed by atoms with van der Waals surface area (Å²) in [6, 6.07) is 4.03. The van der Waals surface area contributed by atoms with Crippen LogP contribution in [0.4, 0.5) is 5.82 Å². The fourth-order valence-electron chi connectivity index (χ4n) is 3.35. The number of nitrogens with two attached hydrogens (primary N) is 1. The molecular formula is C18H20N8S. The van der Waals surface area contributed by atoms with Gasteiger partial charge in [-0.15, -0.1) is 0 Å². The van der Waals surface area contributed by atoms with E-state index in [4.69, 9.17) is 10.7 Å². The molecule has 0 bridgehead atoms. The number of nitrogens with one attached hydrogen (secondary N) is 1. The summed E-state index contributed by atoms with van der Waals surface area (Å²) in [5.74, 6) is 0.869. The topological polar surface area (TPSA) is 101 Å². The van der Waals surface area contributed by atoms with Gasteiger partial charge >= 0.3 is 0 Å². The normalized spacial score (nSPS) is 17.0. The zero-order valence-corrected chi connectivity index (χ0v) is 15.8. The maximum Gasteiger partial charge on any atom is 0.177 e. The molecule has 0 spiro atoms. The summed E-state index contributed by atoms with van der Waals surface area (Å²) in [5, 5.41) is 8.25. The molecule has 1 fully saturated rings. The van der Waals surface area contributed by atoms with Gasteiger partial charge in [0.15, 0.2) is 16.3 Å². The van der Waals surface area contributed by atoms with Crippen LogP contribution < -0.4 is 10.6 Å². The highest BCUT2D eigenvalue weighted by molar-refractivity contribution is 7.99. The Bertz CT molecular complexity index is 1100. The van der Waals surface area contributed by atoms with E-state index < -0.39 is 0 Å². The van der Waals surface area contributed by atoms with Crippen molar-refractivity contribution >= 4 is 34.4 Å². The van der Waals surface area contributed by atoms with Gasteiger partial charge in [0.05, 0.1) is 11.1 Å². The fourth-order valence-corrected chi connectivity index (χ4v) is 4.29. The molecule has 3 N–H and O–H groups in total. The molecule has 9 heteroatoms. The molecule has 0 radical (unpaired) electrons. The van der Waals surface area contributed by atoms with Crippen molar-refractivity contribution in [3.8, 4) is 0 Å². The van der Waals surface area contributed by atoms with Gasteiger partial charge in [0.1, 0.15) is 11.3 Å². The second-order valence-corrected chi connectivity index (χ2v) is 8.26. The SMILES string of the molecule is CC1(N)CCN(c2cnc3c(Sc4cccn5ccnc45)n[nH]c3n2)CC1. The molecule has 4 aromatic heterocycles. The molecule has 5 heterocycles. The Kier molecular flexibility index (Phi) is 3.80. The molecule has 5 rings (SSSR count). The van der Waals surface area contributed by atoms with Crippen molar-refractivity contribution in [1.29, 1.82) is 0 Å². The molecule has 8 nitrogen and oxygen atoms in total. The molecule has 0 aromatic carbocycles. The van der Waals surface area contributed by atoms with Crippen LogP contribution in [0.1, 0.15) is 19.8 Å². The molecule has 0 unspecified atom stereocenters. The van der Waals surface area contributed by atoms with E-state index in [0.29, 0.717) is 5.65 Å². The zero-order valence-electron chi connectivity index (χ0n) is 15.0. The summed E-state index contributed by atoms with van der Waals surface area (Å²) in [7, 11) is 0. The Morgan fingerprint density at radius 3 is 2.93 bits per heavy atom. The lowest BCUT2D eigenvalue weighted by atomic mass is 9.91. The Morgan fingerprint density at radius 1 is 1.22 bits per heavy atom. The van der Waals surface area contributed by atoms with E-state index in [-0.39, 0.29) is 5.54 Å². The van der Waals surface area contributed by atoms with Crippen molar-refractivity contribution < 1.29 is 0 Å². The van der Waals surface area contributed by atoms with Gasteiger partial charge in [-0.2, -0.15) is 5.10 Å². The highest BCUT2D eigenvalue weighted by Crippen LogP contribution is 2.33. The van der Waals surface area contributed by atoms with Gasteiger partial charge < -0.3 is 15.0 Å². The van der Waals surface area contributed by atoms with Crippen molar-refractivity contribution in [2.24, 2.45) is 5.73 Å². The largest absolute Gasteiger partial charge is 0.355 e. The molecule has 4 aromatic rings. The molecule has 138 valence electrons. The number of hydrogen-bond acceptors (Lipinski definition) is 7. The van der Waals surface area contributed by atoms with Gasteiger partial charge in [0.2, 0.25) is 0 Å². The van der Waals surface area contributed by atoms with Crippen LogP contribution in [-0.2, 0) is 0 Å². The van der Waals surface area contributed by atoms with E-state index >= 15 is 0 Å². The molecule has 0 aliphatic carbocycles. The standard InChI is InChI=1S/C18H20N8S/c1-18(19)4-8-25(9-5-18)13-11-21-14-15(22-13)23-24-17(14)27-12-3-2-7-26-10-6-20-16(12)26/h2-3,6-7,10-11H,4-5,8-9,19H2,1H3,(H,22,23,24). The van der Waals surface area contributed by atoms with E-state index in [2.05, 4.69) is 32.0 Å². The van der Waals surface area contributed by atoms with Crippen molar-refractivity contribution in [3.05, 3.63) is 36.9 Å². The Labute approximate surface area is 160 Å². The van der Waals surface area contributed by atoms with Crippen molar-refractivity contribution in [2.45, 2.75) is 35.2 Å². The van der Waals surface area contributed by atoms with Crippen LogP contribution in [0.25, 0.3) is 16.8 Å². The van der Waals surface area contributed by atoms with Crippen molar-refractivity contribution in [1.82, 2.24) is 29.5 Å². The summed E-state index contributed by atoms with van der Waals surface area (Å²) >= 11 is 1.54. The quantitative estimate of drug-likeness (QED) is 0.563. The monoisotopic (exact) mass is 380 g/mol. The first-order valence-corrected chi connectivity index (χ1v) is 9.75. The van der Waals surface area contributed by atoms with Gasteiger partial charge in [0, 0.05) is 37.2 Å². The van der Waals surface area contributed by atoms with Crippen LogP contribution in [0.2, 0.25) is 0 Å². The average molecular weight is 380 g/mol. The zero-order chi connectivity index (χ0) is 18.4. The van der Waals surface area contributed by atoms with Crippen LogP contribution in [-0.4, -0.2) is 48.2 Å². The predicted molar refractivity (Wildman–Crippen MR) is 105 cm³/mol. The molecule has 1 saturated heterocycles. The predicted octanol–water partition coefficient (Wildman–Crippen LogP) is 2.47. The van der Waals surface area contributed by atoms with Gasteiger partial charge in [-0.3, -0.25) is 5.10 Å². The van der Waals surface area contributed by atoms with Crippen LogP contribution in [0, 0.1) is 0 Å². The third-order valence-corrected chi connectivity index (χ3v) is 6.06. The smallest absolute Gasteiger partial charge is 0.177 e. The molecule has 0 atom stereocenters. The van der Waals surface area contributed by atoms with E-state index in [1.165, 1.54) is 0 Å². The van der Waals surface area contributed by atoms with E-state index in [1.54, 1.807) is 18.0 Å². The van der Waals surface area contributed by atoms with Gasteiger partial charge in [-0.25, -0.2) is 15.0 Å². The maximum atomic E-state index is 6.23. The Balaban J connectivity index is 1.43. The van der Waals surface area contributed by atoms with Crippen molar-refractivity contribution in [3.63, 3.8) is 0 Å². The minimum absolute atomic E-state index is 0.0836. The average Bonchev–Trinajstić information content (AvgIpc) is 3.29. The lowest BCUT2D eigenvalue weighted by Gasteiger charge is -2.37. The first-order chi connectivity index (χ1) is 13.1. The number of H-pyrrole nitrogens is 1. The first-order valence-electron chi connectivity index (χ1n) is 8.94. The summed E-state index contributed by atoms with van der Waals surface area (Å²) in [6.07, 6.45) is 9.43. The third kappa shape index (κ3) is 3.02. The lowest BCUT2D eigenvalue weighted by Crippen LogP contribution is -2.48. The molecular weight excluding hydrogens is 360 g/mol. The number of imidazole rings is 1. The van der Waals surface area contributed by atoms with Crippen LogP contribution in [0.3, 0.4) is 0 Å². The number of pyridine rings is 1. The van der Waals surface area contributed by atoms with Crippen molar-refractivity contribution in [2.75, 3.05) is 18.0 Å². The minimum atomic E-state index is -0.0836. The Hall–Kier alpha value is -2.65. The van der Waals surface area contributed by atoms with E-state index in [0.717, 1.165) is 52.8 Å². The number of rotatable bonds is 3. The third-order valence-electron chi connectivity index (χ3n) is 5.05. The first kappa shape index (κ1) is 16.5. The second kappa shape index (κ2) is 6.21. The van der Waals surface area contributed by atoms with E-state index in [9.17, 15) is 0 Å². The second-order valence-electron chi connectivity index (χ2n) is 7.23. The number of fused-ring (bicyclic) bond motifs is 2. The van der Waals surface area contributed by atoms with Crippen LogP contribution in [0.5, 0.6) is 0 Å². The van der Waals surface area contributed by atoms with Gasteiger partial charge in [-0.05, 0) is 31.9 Å². The number of nitrogens with zero attached hydrogens (tertiary/aromatic N) is 6. The number of aromatic nitrogens is 6. The number of piperidine rings is 1. The van der Waals surface area contributed by atoms with Gasteiger partial charge in [0.25, 0.3) is 0 Å². The van der Waals surface area contributed by atoms with Gasteiger partial charge in [-0.1, -0.05) is 11.8 Å². The summed E-state index contributed by atoms with van der Waals surface area (Å²) < 4.78 is 1.99. The summed E-state index contributed by atoms with van der Waals surface area (Å²) in [4.78, 5) is 17.1. The number of anilines is 1. The molecule has 27 heavy (non-hydrogen) atoms. The number of hydrogen-bond donors (Lipinski definition) is 2. The lowest BCUT2D eigenvalue weighted by molar-refractivity contribution is 0.363. The van der Waals surface area contributed by atoms with Crippen LogP contribution >= 0.6 is 11.8 Å². The number of aromatic amines is 1. The van der Waals surface area contributed by atoms with E-state index in [1.807, 2.05) is 35.1 Å². The molecule has 0 amide bonds. The van der Waals surface area contributed by atoms with Crippen LogP contribution in [0.15, 0.2) is 46.8 Å². The summed E-state index contributed by atoms with van der Waals surface area (Å²) in [5.41, 5.74) is 8.53. The fraction of sp³-hybridized carbons (Fsp3) is 0.333. The molecule has 1 aliphatic rings. The highest BCUT2D eigenvalue weighted by Gasteiger charge is 2.27. The Morgan fingerprint density at radius 2 is 2.07 bits per heavy atom. The maximum absolute atomic E-state index is 6.23. The highest BCUT2D eigenvalue weighted by atomic mass is 32.2.